The Morgan fingerprint density at radius 2 is 1.73 bits per heavy atom. The Bertz CT molecular complexity index is 1090. The third-order valence-electron chi connectivity index (χ3n) is 4.67. The van der Waals surface area contributed by atoms with Crippen LogP contribution in [0.3, 0.4) is 0 Å². The molecule has 1 aromatic carbocycles. The maximum atomic E-state index is 13.0. The molecule has 0 radical (unpaired) electrons. The van der Waals surface area contributed by atoms with Gasteiger partial charge in [-0.05, 0) is 30.7 Å². The van der Waals surface area contributed by atoms with E-state index in [1.165, 1.54) is 13.2 Å². The molecule has 0 unspecified atom stereocenters. The zero-order chi connectivity index (χ0) is 24.0. The molecule has 2 aromatic heterocycles. The lowest BCUT2D eigenvalue weighted by atomic mass is 10.2. The summed E-state index contributed by atoms with van der Waals surface area (Å²) in [6.07, 6.45) is -3.77. The summed E-state index contributed by atoms with van der Waals surface area (Å²) in [6, 6.07) is 5.95. The van der Waals surface area contributed by atoms with E-state index in [1.54, 1.807) is 33.3 Å². The highest BCUT2D eigenvalue weighted by atomic mass is 19.4. The number of aryl methyl sites for hydroxylation is 1. The molecule has 0 atom stereocenters. The van der Waals surface area contributed by atoms with Crippen LogP contribution in [-0.4, -0.2) is 55.6 Å². The highest BCUT2D eigenvalue weighted by Gasteiger charge is 2.32. The molecular weight excluding hydrogens is 441 g/mol. The Kier molecular flexibility index (Phi) is 7.88. The van der Waals surface area contributed by atoms with Crippen LogP contribution in [0.1, 0.15) is 17.1 Å². The SMILES string of the molecule is COCC(COC)Oc1cc2c(NCc3ccnc(C(F)(F)F)c3)nc(C)nc2cc1OC. The summed E-state index contributed by atoms with van der Waals surface area (Å²) < 4.78 is 60.8. The van der Waals surface area contributed by atoms with Crippen LogP contribution < -0.4 is 14.8 Å². The minimum atomic E-state index is -4.52. The Morgan fingerprint density at radius 3 is 2.36 bits per heavy atom. The maximum Gasteiger partial charge on any atom is 0.433 e. The first-order chi connectivity index (χ1) is 15.7. The molecule has 0 bridgehead atoms. The molecule has 3 rings (SSSR count). The summed E-state index contributed by atoms with van der Waals surface area (Å²) in [5.74, 6) is 1.84. The van der Waals surface area contributed by atoms with Gasteiger partial charge in [0.25, 0.3) is 0 Å². The topological polar surface area (TPSA) is 87.6 Å². The highest BCUT2D eigenvalue weighted by Crippen LogP contribution is 2.35. The second kappa shape index (κ2) is 10.6. The predicted molar refractivity (Wildman–Crippen MR) is 116 cm³/mol. The number of nitrogens with zero attached hydrogens (tertiary/aromatic N) is 3. The van der Waals surface area contributed by atoms with E-state index in [0.717, 1.165) is 12.3 Å². The Labute approximate surface area is 189 Å². The van der Waals surface area contributed by atoms with Crippen molar-refractivity contribution in [2.24, 2.45) is 0 Å². The largest absolute Gasteiger partial charge is 0.493 e. The van der Waals surface area contributed by atoms with Gasteiger partial charge in [0.05, 0.1) is 25.8 Å². The molecular formula is C22H25F3N4O4. The van der Waals surface area contributed by atoms with E-state index in [4.69, 9.17) is 18.9 Å². The van der Waals surface area contributed by atoms with Crippen LogP contribution in [-0.2, 0) is 22.2 Å². The van der Waals surface area contributed by atoms with E-state index in [2.05, 4.69) is 20.3 Å². The lowest BCUT2D eigenvalue weighted by molar-refractivity contribution is -0.141. The number of halogens is 3. The van der Waals surface area contributed by atoms with Gasteiger partial charge in [-0.3, -0.25) is 4.98 Å². The third kappa shape index (κ3) is 6.20. The first kappa shape index (κ1) is 24.5. The van der Waals surface area contributed by atoms with Crippen molar-refractivity contribution in [2.75, 3.05) is 39.9 Å². The molecule has 0 saturated carbocycles. The average molecular weight is 466 g/mol. The van der Waals surface area contributed by atoms with Crippen molar-refractivity contribution in [3.63, 3.8) is 0 Å². The smallest absolute Gasteiger partial charge is 0.433 e. The molecule has 0 aliphatic heterocycles. The normalized spacial score (nSPS) is 11.8. The van der Waals surface area contributed by atoms with Crippen LogP contribution in [0.4, 0.5) is 19.0 Å². The molecule has 11 heteroatoms. The molecule has 2 heterocycles. The van der Waals surface area contributed by atoms with E-state index >= 15 is 0 Å². The number of aromatic nitrogens is 3. The molecule has 1 N–H and O–H groups in total. The number of methoxy groups -OCH3 is 3. The summed E-state index contributed by atoms with van der Waals surface area (Å²) in [7, 11) is 4.64. The molecule has 3 aromatic rings. The number of hydrogen-bond acceptors (Lipinski definition) is 8. The first-order valence-corrected chi connectivity index (χ1v) is 10.0. The molecule has 178 valence electrons. The highest BCUT2D eigenvalue weighted by molar-refractivity contribution is 5.91. The van der Waals surface area contributed by atoms with Crippen LogP contribution in [0.25, 0.3) is 10.9 Å². The van der Waals surface area contributed by atoms with Crippen molar-refractivity contribution >= 4 is 16.7 Å². The summed E-state index contributed by atoms with van der Waals surface area (Å²) in [5.41, 5.74) is 0.0511. The number of anilines is 1. The van der Waals surface area contributed by atoms with Crippen LogP contribution >= 0.6 is 0 Å². The van der Waals surface area contributed by atoms with E-state index in [9.17, 15) is 13.2 Å². The maximum absolute atomic E-state index is 13.0. The Morgan fingerprint density at radius 1 is 1.00 bits per heavy atom. The first-order valence-electron chi connectivity index (χ1n) is 10.0. The van der Waals surface area contributed by atoms with Crippen LogP contribution in [0.5, 0.6) is 11.5 Å². The molecule has 0 amide bonds. The standard InChI is InChI=1S/C22H25F3N4O4/c1-13-28-17-9-18(32-4)19(33-15(11-30-2)12-31-3)8-16(17)21(29-13)27-10-14-5-6-26-20(7-14)22(23,24)25/h5-9,15H,10-12H2,1-4H3,(H,27,28,29). The minimum absolute atomic E-state index is 0.106. The predicted octanol–water partition coefficient (Wildman–Crippen LogP) is 4.01. The zero-order valence-corrected chi connectivity index (χ0v) is 18.7. The fourth-order valence-corrected chi connectivity index (χ4v) is 3.23. The zero-order valence-electron chi connectivity index (χ0n) is 18.7. The van der Waals surface area contributed by atoms with Gasteiger partial charge in [-0.1, -0.05) is 0 Å². The van der Waals surface area contributed by atoms with Gasteiger partial charge in [-0.25, -0.2) is 9.97 Å². The fraction of sp³-hybridized carbons (Fsp3) is 0.409. The van der Waals surface area contributed by atoms with Crippen molar-refractivity contribution < 1.29 is 32.1 Å². The fourth-order valence-electron chi connectivity index (χ4n) is 3.23. The van der Waals surface area contributed by atoms with E-state index in [1.807, 2.05) is 0 Å². The number of rotatable bonds is 10. The summed E-state index contributed by atoms with van der Waals surface area (Å²) in [4.78, 5) is 12.3. The van der Waals surface area contributed by atoms with Crippen molar-refractivity contribution in [2.45, 2.75) is 25.7 Å². The lowest BCUT2D eigenvalue weighted by Crippen LogP contribution is -2.27. The van der Waals surface area contributed by atoms with Crippen LogP contribution in [0.15, 0.2) is 30.5 Å². The average Bonchev–Trinajstić information content (AvgIpc) is 2.77. The molecule has 0 fully saturated rings. The van der Waals surface area contributed by atoms with Gasteiger partial charge in [0.2, 0.25) is 0 Å². The van der Waals surface area contributed by atoms with Crippen molar-refractivity contribution in [3.8, 4) is 11.5 Å². The summed E-state index contributed by atoms with van der Waals surface area (Å²) in [5, 5.41) is 3.72. The molecule has 0 spiro atoms. The van der Waals surface area contributed by atoms with E-state index < -0.39 is 11.9 Å². The van der Waals surface area contributed by atoms with Crippen molar-refractivity contribution in [3.05, 3.63) is 47.5 Å². The lowest BCUT2D eigenvalue weighted by Gasteiger charge is -2.20. The number of benzene rings is 1. The van der Waals surface area contributed by atoms with Gasteiger partial charge in [0.15, 0.2) is 11.5 Å². The van der Waals surface area contributed by atoms with Gasteiger partial charge in [0, 0.05) is 38.4 Å². The molecule has 33 heavy (non-hydrogen) atoms. The van der Waals surface area contributed by atoms with E-state index in [-0.39, 0.29) is 12.6 Å². The van der Waals surface area contributed by atoms with Crippen molar-refractivity contribution in [1.82, 2.24) is 15.0 Å². The molecule has 8 nitrogen and oxygen atoms in total. The number of alkyl halides is 3. The number of pyridine rings is 1. The number of nitrogens with one attached hydrogen (secondary N) is 1. The Hall–Kier alpha value is -3.18. The van der Waals surface area contributed by atoms with Gasteiger partial charge in [0.1, 0.15) is 23.4 Å². The summed E-state index contributed by atoms with van der Waals surface area (Å²) in [6.45, 7) is 2.43. The van der Waals surface area contributed by atoms with Crippen LogP contribution in [0, 0.1) is 6.92 Å². The minimum Gasteiger partial charge on any atom is -0.493 e. The third-order valence-corrected chi connectivity index (χ3v) is 4.67. The Balaban J connectivity index is 1.94. The molecule has 0 aliphatic carbocycles. The quantitative estimate of drug-likeness (QED) is 0.480. The molecule has 0 aliphatic rings. The molecule has 0 saturated heterocycles. The second-order valence-electron chi connectivity index (χ2n) is 7.19. The van der Waals surface area contributed by atoms with Crippen molar-refractivity contribution in [1.29, 1.82) is 0 Å². The van der Waals surface area contributed by atoms with Crippen LogP contribution in [0.2, 0.25) is 0 Å². The van der Waals surface area contributed by atoms with Gasteiger partial charge >= 0.3 is 6.18 Å². The van der Waals surface area contributed by atoms with Gasteiger partial charge in [-0.2, -0.15) is 13.2 Å². The monoisotopic (exact) mass is 466 g/mol. The number of ether oxygens (including phenoxy) is 4. The number of fused-ring (bicyclic) bond motifs is 1. The summed E-state index contributed by atoms with van der Waals surface area (Å²) >= 11 is 0. The van der Waals surface area contributed by atoms with Gasteiger partial charge in [-0.15, -0.1) is 0 Å². The second-order valence-corrected chi connectivity index (χ2v) is 7.19. The van der Waals surface area contributed by atoms with E-state index in [0.29, 0.717) is 52.8 Å². The number of hydrogen-bond donors (Lipinski definition) is 1. The van der Waals surface area contributed by atoms with Gasteiger partial charge < -0.3 is 24.3 Å².